The van der Waals surface area contributed by atoms with Gasteiger partial charge < -0.3 is 4.90 Å². The van der Waals surface area contributed by atoms with Crippen LogP contribution >= 0.6 is 0 Å². The number of nitrogens with zero attached hydrogens (tertiary/aromatic N) is 4. The summed E-state index contributed by atoms with van der Waals surface area (Å²) < 4.78 is 28.7. The van der Waals surface area contributed by atoms with E-state index in [1.54, 1.807) is 25.1 Å². The van der Waals surface area contributed by atoms with Gasteiger partial charge in [0.1, 0.15) is 30.3 Å². The first-order valence-corrected chi connectivity index (χ1v) is 7.70. The molecule has 2 aromatic carbocycles. The van der Waals surface area contributed by atoms with Gasteiger partial charge in [0.05, 0.1) is 6.54 Å². The van der Waals surface area contributed by atoms with Crippen molar-refractivity contribution < 1.29 is 13.6 Å². The Labute approximate surface area is 143 Å². The highest BCUT2D eigenvalue weighted by molar-refractivity contribution is 5.95. The molecule has 0 saturated heterocycles. The van der Waals surface area contributed by atoms with Gasteiger partial charge in [-0.25, -0.2) is 18.4 Å². The number of anilines is 1. The fourth-order valence-corrected chi connectivity index (χ4v) is 2.47. The standard InChI is InChI=1S/C18H16F2N4O/c1-13(24-12-21-11-22-24)18(25)23(16-8-6-15(19)7-9-16)10-14-4-2-3-5-17(14)20/h2-9,11-13H,10H2,1H3/t13-/m1/s1. The molecule has 1 atom stereocenters. The molecule has 25 heavy (non-hydrogen) atoms. The molecule has 0 fully saturated rings. The zero-order valence-corrected chi connectivity index (χ0v) is 13.5. The molecule has 1 amide bonds. The van der Waals surface area contributed by atoms with E-state index in [2.05, 4.69) is 10.1 Å². The molecular formula is C18H16F2N4O. The van der Waals surface area contributed by atoms with E-state index in [-0.39, 0.29) is 12.5 Å². The van der Waals surface area contributed by atoms with Crippen LogP contribution in [0.4, 0.5) is 14.5 Å². The van der Waals surface area contributed by atoms with E-state index in [1.165, 1.54) is 52.6 Å². The number of carbonyl (C=O) groups is 1. The van der Waals surface area contributed by atoms with Gasteiger partial charge in [-0.1, -0.05) is 18.2 Å². The second-order valence-corrected chi connectivity index (χ2v) is 5.54. The average molecular weight is 342 g/mol. The van der Waals surface area contributed by atoms with Crippen molar-refractivity contribution in [1.82, 2.24) is 14.8 Å². The van der Waals surface area contributed by atoms with Crippen molar-refractivity contribution in [2.75, 3.05) is 4.90 Å². The average Bonchev–Trinajstić information content (AvgIpc) is 3.15. The first-order valence-electron chi connectivity index (χ1n) is 7.70. The maximum Gasteiger partial charge on any atom is 0.251 e. The van der Waals surface area contributed by atoms with E-state index < -0.39 is 17.7 Å². The minimum Gasteiger partial charge on any atom is -0.306 e. The molecule has 1 aromatic heterocycles. The summed E-state index contributed by atoms with van der Waals surface area (Å²) in [6, 6.07) is 11.1. The summed E-state index contributed by atoms with van der Waals surface area (Å²) in [4.78, 5) is 18.2. The molecule has 0 unspecified atom stereocenters. The lowest BCUT2D eigenvalue weighted by atomic mass is 10.1. The predicted octanol–water partition coefficient (Wildman–Crippen LogP) is 3.35. The number of hydrogen-bond donors (Lipinski definition) is 0. The Morgan fingerprint density at radius 1 is 1.16 bits per heavy atom. The highest BCUT2D eigenvalue weighted by Crippen LogP contribution is 2.22. The molecule has 128 valence electrons. The lowest BCUT2D eigenvalue weighted by Crippen LogP contribution is -2.36. The van der Waals surface area contributed by atoms with Gasteiger partial charge in [-0.3, -0.25) is 4.79 Å². The molecule has 1 heterocycles. The number of rotatable bonds is 5. The quantitative estimate of drug-likeness (QED) is 0.714. The Balaban J connectivity index is 1.95. The molecule has 0 spiro atoms. The normalized spacial score (nSPS) is 12.0. The van der Waals surface area contributed by atoms with Crippen LogP contribution in [0.15, 0.2) is 61.2 Å². The van der Waals surface area contributed by atoms with E-state index in [0.717, 1.165) is 0 Å². The van der Waals surface area contributed by atoms with Gasteiger partial charge in [0.15, 0.2) is 0 Å². The van der Waals surface area contributed by atoms with Gasteiger partial charge in [0.25, 0.3) is 5.91 Å². The first kappa shape index (κ1) is 16.8. The molecule has 0 radical (unpaired) electrons. The summed E-state index contributed by atoms with van der Waals surface area (Å²) in [6.45, 7) is 1.70. The molecule has 0 N–H and O–H groups in total. The van der Waals surface area contributed by atoms with Crippen molar-refractivity contribution in [3.05, 3.63) is 78.4 Å². The zero-order valence-electron chi connectivity index (χ0n) is 13.5. The molecule has 0 bridgehead atoms. The molecule has 3 rings (SSSR count). The lowest BCUT2D eigenvalue weighted by Gasteiger charge is -2.26. The largest absolute Gasteiger partial charge is 0.306 e. The molecule has 0 aliphatic carbocycles. The van der Waals surface area contributed by atoms with E-state index in [4.69, 9.17) is 0 Å². The van der Waals surface area contributed by atoms with E-state index in [9.17, 15) is 13.6 Å². The van der Waals surface area contributed by atoms with Crippen LogP contribution in [-0.2, 0) is 11.3 Å². The van der Waals surface area contributed by atoms with Crippen molar-refractivity contribution in [3.8, 4) is 0 Å². The Morgan fingerprint density at radius 3 is 2.52 bits per heavy atom. The number of aromatic nitrogens is 3. The summed E-state index contributed by atoms with van der Waals surface area (Å²) >= 11 is 0. The highest BCUT2D eigenvalue weighted by atomic mass is 19.1. The first-order chi connectivity index (χ1) is 12.1. The summed E-state index contributed by atoms with van der Waals surface area (Å²) in [5.74, 6) is -1.12. The van der Waals surface area contributed by atoms with Crippen LogP contribution in [0.1, 0.15) is 18.5 Å². The molecule has 7 heteroatoms. The third kappa shape index (κ3) is 3.71. The van der Waals surface area contributed by atoms with E-state index in [0.29, 0.717) is 11.3 Å². The summed E-state index contributed by atoms with van der Waals surface area (Å²) in [7, 11) is 0. The number of carbonyl (C=O) groups excluding carboxylic acids is 1. The van der Waals surface area contributed by atoms with Gasteiger partial charge in [0.2, 0.25) is 0 Å². The van der Waals surface area contributed by atoms with Gasteiger partial charge in [-0.2, -0.15) is 5.10 Å². The van der Waals surface area contributed by atoms with Crippen LogP contribution in [0.3, 0.4) is 0 Å². The van der Waals surface area contributed by atoms with Crippen LogP contribution in [0, 0.1) is 11.6 Å². The van der Waals surface area contributed by atoms with Crippen LogP contribution in [0.25, 0.3) is 0 Å². The predicted molar refractivity (Wildman–Crippen MR) is 88.7 cm³/mol. The van der Waals surface area contributed by atoms with Crippen molar-refractivity contribution in [2.45, 2.75) is 19.5 Å². The fourth-order valence-electron chi connectivity index (χ4n) is 2.47. The molecule has 3 aromatic rings. The summed E-state index contributed by atoms with van der Waals surface area (Å²) in [5.41, 5.74) is 0.840. The molecule has 5 nitrogen and oxygen atoms in total. The maximum absolute atomic E-state index is 14.0. The molecule has 0 aliphatic rings. The molecule has 0 aliphatic heterocycles. The van der Waals surface area contributed by atoms with Gasteiger partial charge >= 0.3 is 0 Å². The van der Waals surface area contributed by atoms with E-state index >= 15 is 0 Å². The third-order valence-corrected chi connectivity index (χ3v) is 3.88. The lowest BCUT2D eigenvalue weighted by molar-refractivity contribution is -0.121. The topological polar surface area (TPSA) is 51.0 Å². The number of halogens is 2. The van der Waals surface area contributed by atoms with Crippen molar-refractivity contribution >= 4 is 11.6 Å². The summed E-state index contributed by atoms with van der Waals surface area (Å²) in [5, 5.41) is 3.98. The number of hydrogen-bond acceptors (Lipinski definition) is 3. The Kier molecular flexibility index (Phi) is 4.83. The van der Waals surface area contributed by atoms with Crippen LogP contribution in [-0.4, -0.2) is 20.7 Å². The van der Waals surface area contributed by atoms with Crippen molar-refractivity contribution in [3.63, 3.8) is 0 Å². The van der Waals surface area contributed by atoms with Gasteiger partial charge in [-0.05, 0) is 37.3 Å². The van der Waals surface area contributed by atoms with Crippen LogP contribution < -0.4 is 4.90 Å². The Hall–Kier alpha value is -3.09. The number of benzene rings is 2. The van der Waals surface area contributed by atoms with E-state index in [1.807, 2.05) is 0 Å². The van der Waals surface area contributed by atoms with Crippen LogP contribution in [0.5, 0.6) is 0 Å². The second kappa shape index (κ2) is 7.21. The SMILES string of the molecule is C[C@H](C(=O)N(Cc1ccccc1F)c1ccc(F)cc1)n1cncn1. The molecule has 0 saturated carbocycles. The monoisotopic (exact) mass is 342 g/mol. The summed E-state index contributed by atoms with van der Waals surface area (Å²) in [6.07, 6.45) is 2.78. The zero-order chi connectivity index (χ0) is 17.8. The van der Waals surface area contributed by atoms with Gasteiger partial charge in [0, 0.05) is 11.3 Å². The minimum atomic E-state index is -0.640. The van der Waals surface area contributed by atoms with Crippen LogP contribution in [0.2, 0.25) is 0 Å². The highest BCUT2D eigenvalue weighted by Gasteiger charge is 2.25. The maximum atomic E-state index is 14.0. The second-order valence-electron chi connectivity index (χ2n) is 5.54. The number of amides is 1. The van der Waals surface area contributed by atoms with Crippen molar-refractivity contribution in [1.29, 1.82) is 0 Å². The minimum absolute atomic E-state index is 0.0240. The Morgan fingerprint density at radius 2 is 1.88 bits per heavy atom. The third-order valence-electron chi connectivity index (χ3n) is 3.88. The Bertz CT molecular complexity index is 850. The van der Waals surface area contributed by atoms with Crippen molar-refractivity contribution in [2.24, 2.45) is 0 Å². The van der Waals surface area contributed by atoms with Gasteiger partial charge in [-0.15, -0.1) is 0 Å². The molecular weight excluding hydrogens is 326 g/mol. The fraction of sp³-hybridized carbons (Fsp3) is 0.167. The smallest absolute Gasteiger partial charge is 0.251 e.